The van der Waals surface area contributed by atoms with E-state index in [-0.39, 0.29) is 5.91 Å². The number of hydrogen-bond donors (Lipinski definition) is 4. The van der Waals surface area contributed by atoms with Gasteiger partial charge in [0, 0.05) is 58.6 Å². The van der Waals surface area contributed by atoms with Crippen molar-refractivity contribution >= 4 is 36.1 Å². The van der Waals surface area contributed by atoms with Crippen molar-refractivity contribution in [1.82, 2.24) is 30.3 Å². The van der Waals surface area contributed by atoms with Crippen molar-refractivity contribution < 1.29 is 42.9 Å². The molecule has 1 heterocycles. The summed E-state index contributed by atoms with van der Waals surface area (Å²) in [6.07, 6.45) is 1.97. The van der Waals surface area contributed by atoms with Gasteiger partial charge in [0.2, 0.25) is 0 Å². The molecule has 0 aliphatic heterocycles. The van der Waals surface area contributed by atoms with Gasteiger partial charge < -0.3 is 49.7 Å². The third-order valence-corrected chi connectivity index (χ3v) is 7.25. The first kappa shape index (κ1) is 49.5. The summed E-state index contributed by atoms with van der Waals surface area (Å²) >= 11 is 0. The van der Waals surface area contributed by atoms with Gasteiger partial charge in [0.1, 0.15) is 28.2 Å². The molecule has 0 unspecified atom stereocenters. The summed E-state index contributed by atoms with van der Waals surface area (Å²) in [6, 6.07) is 3.20. The number of amides is 5. The quantitative estimate of drug-likeness (QED) is 0.0528. The number of carbonyl (C=O) groups is 5. The van der Waals surface area contributed by atoms with E-state index in [2.05, 4.69) is 21.0 Å². The average Bonchev–Trinajstić information content (AvgIpc) is 3.04. The van der Waals surface area contributed by atoms with Gasteiger partial charge in [-0.05, 0) is 127 Å². The molecule has 5 amide bonds. The van der Waals surface area contributed by atoms with E-state index in [1.165, 1.54) is 6.20 Å². The summed E-state index contributed by atoms with van der Waals surface area (Å²) in [4.78, 5) is 73.0. The molecule has 0 atom stereocenters. The standard InChI is InChI=1S/C39H70N8O9/c1-36(2,3)53-32(49)42-21-16-25-45(33(50)54-37(4,5)6)22-13-14-23-46(34(51)55-38(7,8)9)26-17-27-47(35(52)56-39(10,11)12)24-15-20-41-31(48)29-18-19-30(44-40)43-28-29/h18-19,28H,13-17,20-27,40H2,1-12H3,(H,41,48)(H,42,49)(H,43,44). The van der Waals surface area contributed by atoms with Crippen molar-refractivity contribution in [3.8, 4) is 0 Å². The second kappa shape index (κ2) is 22.9. The van der Waals surface area contributed by atoms with Gasteiger partial charge in [-0.2, -0.15) is 0 Å². The highest BCUT2D eigenvalue weighted by atomic mass is 16.6. The zero-order chi connectivity index (χ0) is 42.7. The van der Waals surface area contributed by atoms with Crippen LogP contribution >= 0.6 is 0 Å². The number of nitrogen functional groups attached to an aromatic ring is 1. The van der Waals surface area contributed by atoms with Crippen LogP contribution in [0.3, 0.4) is 0 Å². The smallest absolute Gasteiger partial charge is 0.410 e. The van der Waals surface area contributed by atoms with Crippen LogP contribution in [-0.4, -0.2) is 125 Å². The summed E-state index contributed by atoms with van der Waals surface area (Å²) in [7, 11) is 0. The first-order valence-corrected chi connectivity index (χ1v) is 19.4. The van der Waals surface area contributed by atoms with E-state index in [1.807, 2.05) is 0 Å². The Morgan fingerprint density at radius 2 is 0.929 bits per heavy atom. The van der Waals surface area contributed by atoms with Crippen molar-refractivity contribution in [3.05, 3.63) is 23.9 Å². The SMILES string of the molecule is CC(C)(C)OC(=O)NCCCN(CCCCN(CCCN(CCCNC(=O)c1ccc(NN)nc1)C(=O)OC(C)(C)C)C(=O)OC(C)(C)C)C(=O)OC(C)(C)C. The molecule has 0 aliphatic rings. The molecule has 1 aromatic rings. The lowest BCUT2D eigenvalue weighted by atomic mass is 10.2. The van der Waals surface area contributed by atoms with Crippen molar-refractivity contribution in [2.24, 2.45) is 5.84 Å². The van der Waals surface area contributed by atoms with E-state index in [9.17, 15) is 24.0 Å². The Labute approximate surface area is 334 Å². The van der Waals surface area contributed by atoms with Crippen molar-refractivity contribution in [2.75, 3.05) is 57.8 Å². The number of pyridine rings is 1. The number of ether oxygens (including phenoxy) is 4. The van der Waals surface area contributed by atoms with Crippen molar-refractivity contribution in [3.63, 3.8) is 0 Å². The summed E-state index contributed by atoms with van der Waals surface area (Å²) in [5.74, 6) is 5.47. The van der Waals surface area contributed by atoms with E-state index in [0.29, 0.717) is 95.8 Å². The predicted molar refractivity (Wildman–Crippen MR) is 215 cm³/mol. The zero-order valence-corrected chi connectivity index (χ0v) is 36.0. The molecule has 320 valence electrons. The molecule has 0 aromatic carbocycles. The van der Waals surface area contributed by atoms with Crippen LogP contribution in [0.1, 0.15) is 126 Å². The maximum absolute atomic E-state index is 13.3. The second-order valence-electron chi connectivity index (χ2n) is 17.4. The molecular weight excluding hydrogens is 724 g/mol. The molecule has 0 radical (unpaired) electrons. The molecule has 0 saturated carbocycles. The number of nitrogens with one attached hydrogen (secondary N) is 3. The van der Waals surface area contributed by atoms with Gasteiger partial charge >= 0.3 is 24.4 Å². The Balaban J connectivity index is 2.88. The molecule has 0 aliphatic carbocycles. The Hall–Kier alpha value is -4.54. The lowest BCUT2D eigenvalue weighted by Crippen LogP contribution is -2.42. The van der Waals surface area contributed by atoms with E-state index in [4.69, 9.17) is 24.8 Å². The fraction of sp³-hybridized carbons (Fsp3) is 0.744. The molecule has 1 rings (SSSR count). The number of hydrazine groups is 1. The minimum Gasteiger partial charge on any atom is -0.444 e. The van der Waals surface area contributed by atoms with Gasteiger partial charge in [-0.1, -0.05) is 0 Å². The zero-order valence-electron chi connectivity index (χ0n) is 36.0. The highest BCUT2D eigenvalue weighted by Gasteiger charge is 2.26. The van der Waals surface area contributed by atoms with Crippen LogP contribution in [0.15, 0.2) is 18.3 Å². The van der Waals surface area contributed by atoms with E-state index < -0.39 is 46.8 Å². The molecule has 0 fully saturated rings. The van der Waals surface area contributed by atoms with Crippen LogP contribution in [0, 0.1) is 0 Å². The number of anilines is 1. The van der Waals surface area contributed by atoms with Gasteiger partial charge in [-0.15, -0.1) is 0 Å². The number of alkyl carbamates (subject to hydrolysis) is 1. The summed E-state index contributed by atoms with van der Waals surface area (Å²) in [5, 5.41) is 5.55. The molecular formula is C39H70N8O9. The maximum atomic E-state index is 13.3. The maximum Gasteiger partial charge on any atom is 0.410 e. The van der Waals surface area contributed by atoms with Crippen LogP contribution in [0.2, 0.25) is 0 Å². The Kier molecular flexibility index (Phi) is 20.2. The summed E-state index contributed by atoms with van der Waals surface area (Å²) in [5.41, 5.74) is 0.0478. The molecule has 56 heavy (non-hydrogen) atoms. The summed E-state index contributed by atoms with van der Waals surface area (Å²) in [6.45, 7) is 24.1. The number of rotatable bonds is 19. The Bertz CT molecular complexity index is 1380. The van der Waals surface area contributed by atoms with Gasteiger partial charge in [0.15, 0.2) is 0 Å². The first-order valence-electron chi connectivity index (χ1n) is 19.4. The van der Waals surface area contributed by atoms with Gasteiger partial charge in [0.25, 0.3) is 5.91 Å². The second-order valence-corrected chi connectivity index (χ2v) is 17.4. The third-order valence-electron chi connectivity index (χ3n) is 7.25. The number of nitrogens with zero attached hydrogens (tertiary/aromatic N) is 4. The molecule has 0 saturated heterocycles. The molecule has 0 bridgehead atoms. The molecule has 17 nitrogen and oxygen atoms in total. The fourth-order valence-corrected chi connectivity index (χ4v) is 4.88. The largest absolute Gasteiger partial charge is 0.444 e. The minimum atomic E-state index is -0.720. The monoisotopic (exact) mass is 795 g/mol. The van der Waals surface area contributed by atoms with E-state index in [0.717, 1.165) is 0 Å². The third kappa shape index (κ3) is 23.4. The number of carbonyl (C=O) groups excluding carboxylic acids is 5. The van der Waals surface area contributed by atoms with Crippen LogP contribution < -0.4 is 21.9 Å². The van der Waals surface area contributed by atoms with Crippen molar-refractivity contribution in [2.45, 2.75) is 138 Å². The van der Waals surface area contributed by atoms with Crippen LogP contribution in [0.5, 0.6) is 0 Å². The van der Waals surface area contributed by atoms with Crippen LogP contribution in [-0.2, 0) is 18.9 Å². The first-order chi connectivity index (χ1) is 25.8. The van der Waals surface area contributed by atoms with Crippen LogP contribution in [0.4, 0.5) is 25.0 Å². The highest BCUT2D eigenvalue weighted by molar-refractivity contribution is 5.94. The number of unbranched alkanes of at least 4 members (excludes halogenated alkanes) is 1. The Morgan fingerprint density at radius 3 is 1.29 bits per heavy atom. The highest BCUT2D eigenvalue weighted by Crippen LogP contribution is 2.15. The number of hydrogen-bond acceptors (Lipinski definition) is 12. The molecule has 17 heteroatoms. The topological polar surface area (TPSA) is 207 Å². The molecule has 1 aromatic heterocycles. The van der Waals surface area contributed by atoms with Gasteiger partial charge in [-0.3, -0.25) is 4.79 Å². The molecule has 0 spiro atoms. The lowest BCUT2D eigenvalue weighted by Gasteiger charge is -2.30. The Morgan fingerprint density at radius 1 is 0.554 bits per heavy atom. The normalized spacial score (nSPS) is 11.9. The summed E-state index contributed by atoms with van der Waals surface area (Å²) < 4.78 is 22.3. The fourth-order valence-electron chi connectivity index (χ4n) is 4.88. The van der Waals surface area contributed by atoms with Crippen LogP contribution in [0.25, 0.3) is 0 Å². The van der Waals surface area contributed by atoms with Gasteiger partial charge in [-0.25, -0.2) is 30.0 Å². The number of nitrogens with two attached hydrogens (primary N) is 1. The van der Waals surface area contributed by atoms with Crippen molar-refractivity contribution in [1.29, 1.82) is 0 Å². The predicted octanol–water partition coefficient (Wildman–Crippen LogP) is 6.28. The minimum absolute atomic E-state index is 0.295. The molecule has 5 N–H and O–H groups in total. The average molecular weight is 795 g/mol. The lowest BCUT2D eigenvalue weighted by molar-refractivity contribution is 0.0181. The van der Waals surface area contributed by atoms with Gasteiger partial charge in [0.05, 0.1) is 5.56 Å². The number of aromatic nitrogens is 1. The van der Waals surface area contributed by atoms with E-state index >= 15 is 0 Å². The van der Waals surface area contributed by atoms with E-state index in [1.54, 1.807) is 110 Å².